The summed E-state index contributed by atoms with van der Waals surface area (Å²) in [7, 11) is 1.45. The van der Waals surface area contributed by atoms with Crippen molar-refractivity contribution in [2.45, 2.75) is 6.54 Å². The number of nitrogens with zero attached hydrogens (tertiary/aromatic N) is 1. The molecule has 0 spiro atoms. The van der Waals surface area contributed by atoms with Gasteiger partial charge in [-0.3, -0.25) is 9.59 Å². The van der Waals surface area contributed by atoms with Crippen molar-refractivity contribution in [2.75, 3.05) is 7.05 Å². The first-order chi connectivity index (χ1) is 6.65. The van der Waals surface area contributed by atoms with Crippen molar-refractivity contribution in [3.05, 3.63) is 35.6 Å². The first-order valence-electron chi connectivity index (χ1n) is 4.09. The second-order valence-electron chi connectivity index (χ2n) is 2.90. The van der Waals surface area contributed by atoms with Crippen LogP contribution in [0, 0.1) is 5.82 Å². The first-order valence-corrected chi connectivity index (χ1v) is 4.09. The van der Waals surface area contributed by atoms with E-state index in [2.05, 4.69) is 0 Å². The van der Waals surface area contributed by atoms with Gasteiger partial charge in [-0.1, -0.05) is 18.2 Å². The molecule has 74 valence electrons. The van der Waals surface area contributed by atoms with E-state index in [1.165, 1.54) is 13.1 Å². The highest BCUT2D eigenvalue weighted by atomic mass is 19.1. The van der Waals surface area contributed by atoms with Gasteiger partial charge in [0.2, 0.25) is 6.29 Å². The Morgan fingerprint density at radius 1 is 1.50 bits per heavy atom. The molecule has 1 aromatic carbocycles. The average Bonchev–Trinajstić information content (AvgIpc) is 2.20. The van der Waals surface area contributed by atoms with Gasteiger partial charge >= 0.3 is 0 Å². The van der Waals surface area contributed by atoms with Crippen molar-refractivity contribution in [1.82, 2.24) is 4.90 Å². The molecule has 0 saturated carbocycles. The molecule has 0 aliphatic carbocycles. The molecule has 0 unspecified atom stereocenters. The second-order valence-corrected chi connectivity index (χ2v) is 2.90. The Morgan fingerprint density at radius 3 is 2.71 bits per heavy atom. The molecule has 0 saturated heterocycles. The van der Waals surface area contributed by atoms with Gasteiger partial charge in [-0.2, -0.15) is 0 Å². The zero-order valence-electron chi connectivity index (χ0n) is 7.74. The Hall–Kier alpha value is -1.71. The van der Waals surface area contributed by atoms with Crippen molar-refractivity contribution in [3.63, 3.8) is 0 Å². The van der Waals surface area contributed by atoms with Gasteiger partial charge in [0.1, 0.15) is 5.82 Å². The van der Waals surface area contributed by atoms with E-state index in [0.29, 0.717) is 5.56 Å². The van der Waals surface area contributed by atoms with E-state index in [1.807, 2.05) is 0 Å². The van der Waals surface area contributed by atoms with Gasteiger partial charge in [-0.15, -0.1) is 0 Å². The third kappa shape index (κ3) is 2.39. The minimum atomic E-state index is -0.659. The predicted molar refractivity (Wildman–Crippen MR) is 48.9 cm³/mol. The minimum absolute atomic E-state index is 0.101. The van der Waals surface area contributed by atoms with Gasteiger partial charge in [0.25, 0.3) is 5.91 Å². The van der Waals surface area contributed by atoms with E-state index < -0.39 is 5.91 Å². The largest absolute Gasteiger partial charge is 0.335 e. The quantitative estimate of drug-likeness (QED) is 0.532. The lowest BCUT2D eigenvalue weighted by atomic mass is 10.2. The molecular formula is C10H10FNO2. The number of benzene rings is 1. The fraction of sp³-hybridized carbons (Fsp3) is 0.200. The molecule has 1 rings (SSSR count). The zero-order valence-corrected chi connectivity index (χ0v) is 7.74. The third-order valence-electron chi connectivity index (χ3n) is 1.84. The lowest BCUT2D eigenvalue weighted by Gasteiger charge is -2.13. The SMILES string of the molecule is CN(Cc1ccccc1F)C(=O)C=O. The molecule has 14 heavy (non-hydrogen) atoms. The monoisotopic (exact) mass is 195 g/mol. The smallest absolute Gasteiger partial charge is 0.286 e. The maximum atomic E-state index is 13.1. The highest BCUT2D eigenvalue weighted by molar-refractivity contribution is 6.23. The summed E-state index contributed by atoms with van der Waals surface area (Å²) >= 11 is 0. The molecule has 0 aromatic heterocycles. The highest BCUT2D eigenvalue weighted by Gasteiger charge is 2.09. The van der Waals surface area contributed by atoms with Crippen LogP contribution in [-0.2, 0) is 16.1 Å². The summed E-state index contributed by atoms with van der Waals surface area (Å²) in [4.78, 5) is 22.2. The van der Waals surface area contributed by atoms with Crippen LogP contribution in [0.15, 0.2) is 24.3 Å². The number of likely N-dealkylation sites (N-methyl/N-ethyl adjacent to an activating group) is 1. The summed E-state index contributed by atoms with van der Waals surface area (Å²) < 4.78 is 13.1. The molecule has 1 aromatic rings. The normalized spacial score (nSPS) is 9.57. The van der Waals surface area contributed by atoms with Crippen molar-refractivity contribution >= 4 is 12.2 Å². The second kappa shape index (κ2) is 4.50. The average molecular weight is 195 g/mol. The van der Waals surface area contributed by atoms with Gasteiger partial charge in [0.15, 0.2) is 0 Å². The summed E-state index contributed by atoms with van der Waals surface area (Å²) in [5.41, 5.74) is 0.394. The van der Waals surface area contributed by atoms with E-state index in [9.17, 15) is 14.0 Å². The number of halogens is 1. The highest BCUT2D eigenvalue weighted by Crippen LogP contribution is 2.08. The molecule has 0 radical (unpaired) electrons. The van der Waals surface area contributed by atoms with Gasteiger partial charge in [-0.05, 0) is 6.07 Å². The van der Waals surface area contributed by atoms with Crippen molar-refractivity contribution < 1.29 is 14.0 Å². The summed E-state index contributed by atoms with van der Waals surface area (Å²) in [6.45, 7) is 0.101. The fourth-order valence-corrected chi connectivity index (χ4v) is 1.05. The molecule has 3 nitrogen and oxygen atoms in total. The molecule has 0 heterocycles. The van der Waals surface area contributed by atoms with Gasteiger partial charge in [0.05, 0.1) is 0 Å². The number of hydrogen-bond donors (Lipinski definition) is 0. The number of aldehydes is 1. The number of hydrogen-bond acceptors (Lipinski definition) is 2. The van der Waals surface area contributed by atoms with Crippen LogP contribution in [0.3, 0.4) is 0 Å². The predicted octanol–water partition coefficient (Wildman–Crippen LogP) is 0.983. The third-order valence-corrected chi connectivity index (χ3v) is 1.84. The molecule has 0 aliphatic rings. The molecule has 1 amide bonds. The van der Waals surface area contributed by atoms with Crippen molar-refractivity contribution in [1.29, 1.82) is 0 Å². The molecule has 0 fully saturated rings. The van der Waals surface area contributed by atoms with Crippen LogP contribution >= 0.6 is 0 Å². The lowest BCUT2D eigenvalue weighted by Crippen LogP contribution is -2.27. The van der Waals surface area contributed by atoms with E-state index >= 15 is 0 Å². The summed E-state index contributed by atoms with van der Waals surface area (Å²) in [5.74, 6) is -1.04. The Kier molecular flexibility index (Phi) is 3.34. The summed E-state index contributed by atoms with van der Waals surface area (Å²) in [6, 6.07) is 6.14. The van der Waals surface area contributed by atoms with Gasteiger partial charge in [0, 0.05) is 19.2 Å². The molecule has 0 atom stereocenters. The van der Waals surface area contributed by atoms with Crippen molar-refractivity contribution in [2.24, 2.45) is 0 Å². The Morgan fingerprint density at radius 2 is 2.14 bits per heavy atom. The number of amides is 1. The van der Waals surface area contributed by atoms with Crippen LogP contribution in [0.1, 0.15) is 5.56 Å². The van der Waals surface area contributed by atoms with Crippen LogP contribution in [-0.4, -0.2) is 24.1 Å². The van der Waals surface area contributed by atoms with Crippen molar-refractivity contribution in [3.8, 4) is 0 Å². The Labute approximate surface area is 81.1 Å². The first kappa shape index (κ1) is 10.4. The topological polar surface area (TPSA) is 37.4 Å². The summed E-state index contributed by atoms with van der Waals surface area (Å²) in [5, 5.41) is 0. The van der Waals surface area contributed by atoms with Crippen LogP contribution in [0.2, 0.25) is 0 Å². The number of carbonyl (C=O) groups excluding carboxylic acids is 2. The van der Waals surface area contributed by atoms with Gasteiger partial charge in [-0.25, -0.2) is 4.39 Å². The molecular weight excluding hydrogens is 185 g/mol. The molecule has 4 heteroatoms. The van der Waals surface area contributed by atoms with E-state index in [1.54, 1.807) is 18.2 Å². The van der Waals surface area contributed by atoms with E-state index in [-0.39, 0.29) is 18.6 Å². The van der Waals surface area contributed by atoms with Crippen LogP contribution in [0.5, 0.6) is 0 Å². The van der Waals surface area contributed by atoms with Crippen LogP contribution in [0.4, 0.5) is 4.39 Å². The molecule has 0 N–H and O–H groups in total. The fourth-order valence-electron chi connectivity index (χ4n) is 1.05. The Bertz CT molecular complexity index is 352. The lowest BCUT2D eigenvalue weighted by molar-refractivity contribution is -0.138. The maximum absolute atomic E-state index is 13.1. The van der Waals surface area contributed by atoms with Gasteiger partial charge < -0.3 is 4.90 Å². The maximum Gasteiger partial charge on any atom is 0.286 e. The van der Waals surface area contributed by atoms with Crippen LogP contribution < -0.4 is 0 Å². The van der Waals surface area contributed by atoms with E-state index in [0.717, 1.165) is 4.90 Å². The van der Waals surface area contributed by atoms with Crippen LogP contribution in [0.25, 0.3) is 0 Å². The number of rotatable bonds is 3. The Balaban J connectivity index is 2.74. The standard InChI is InChI=1S/C10H10FNO2/c1-12(10(14)7-13)6-8-4-2-3-5-9(8)11/h2-5,7H,6H2,1H3. The molecule has 0 bridgehead atoms. The molecule has 0 aliphatic heterocycles. The number of carbonyl (C=O) groups is 2. The van der Waals surface area contributed by atoms with E-state index in [4.69, 9.17) is 0 Å². The minimum Gasteiger partial charge on any atom is -0.335 e. The summed E-state index contributed by atoms with van der Waals surface area (Å²) in [6.07, 6.45) is 0.209. The zero-order chi connectivity index (χ0) is 10.6.